The van der Waals surface area contributed by atoms with E-state index in [9.17, 15) is 14.4 Å². The van der Waals surface area contributed by atoms with Crippen molar-refractivity contribution in [1.29, 1.82) is 0 Å². The van der Waals surface area contributed by atoms with E-state index in [0.717, 1.165) is 32.1 Å². The molecule has 146 valence electrons. The number of hydrogen-bond acceptors (Lipinski definition) is 6. The lowest BCUT2D eigenvalue weighted by atomic mass is 9.96. The van der Waals surface area contributed by atoms with E-state index in [4.69, 9.17) is 14.2 Å². The molecule has 0 bridgehead atoms. The van der Waals surface area contributed by atoms with E-state index in [-0.39, 0.29) is 11.6 Å². The third-order valence-electron chi connectivity index (χ3n) is 4.51. The van der Waals surface area contributed by atoms with Gasteiger partial charge in [-0.25, -0.2) is 9.59 Å². The Labute approximate surface area is 157 Å². The van der Waals surface area contributed by atoms with Crippen molar-refractivity contribution in [3.63, 3.8) is 0 Å². The lowest BCUT2D eigenvalue weighted by Gasteiger charge is -2.22. The number of rotatable bonds is 4. The van der Waals surface area contributed by atoms with Crippen molar-refractivity contribution in [3.8, 4) is 11.5 Å². The van der Waals surface area contributed by atoms with Gasteiger partial charge in [0, 0.05) is 12.5 Å². The number of carbonyl (C=O) groups excluding carboxylic acids is 3. The third-order valence-corrected chi connectivity index (χ3v) is 4.51. The molecule has 8 nitrogen and oxygen atoms in total. The van der Waals surface area contributed by atoms with E-state index in [1.165, 1.54) is 12.5 Å². The molecule has 1 aliphatic heterocycles. The second-order valence-electron chi connectivity index (χ2n) is 6.64. The zero-order chi connectivity index (χ0) is 19.1. The molecule has 0 saturated heterocycles. The lowest BCUT2D eigenvalue weighted by molar-refractivity contribution is -0.123. The third kappa shape index (κ3) is 5.60. The van der Waals surface area contributed by atoms with Crippen LogP contribution in [0.15, 0.2) is 18.2 Å². The number of nitrogens with one attached hydrogen (secondary N) is 2. The largest absolute Gasteiger partial charge is 0.490 e. The summed E-state index contributed by atoms with van der Waals surface area (Å²) in [6.07, 6.45) is 5.92. The number of ether oxygens (including phenoxy) is 3. The van der Waals surface area contributed by atoms with Crippen LogP contribution in [0.3, 0.4) is 0 Å². The van der Waals surface area contributed by atoms with E-state index in [2.05, 4.69) is 10.6 Å². The van der Waals surface area contributed by atoms with Crippen molar-refractivity contribution < 1.29 is 28.6 Å². The minimum Gasteiger partial charge on any atom is -0.490 e. The second-order valence-corrected chi connectivity index (χ2v) is 6.64. The Kier molecular flexibility index (Phi) is 6.51. The van der Waals surface area contributed by atoms with Gasteiger partial charge in [-0.3, -0.25) is 10.1 Å². The van der Waals surface area contributed by atoms with Crippen LogP contribution in [0.25, 0.3) is 0 Å². The molecule has 0 radical (unpaired) electrons. The standard InChI is InChI=1S/C19H24N2O6/c22-17(21-19(24)20-14-5-2-1-3-6-14)12-27-18(23)13-7-8-15-16(11-13)26-10-4-9-25-15/h7-8,11,14H,1-6,9-10,12H2,(H2,20,21,22,24). The van der Waals surface area contributed by atoms with Gasteiger partial charge in [-0.2, -0.15) is 0 Å². The molecule has 3 amide bonds. The van der Waals surface area contributed by atoms with Gasteiger partial charge in [0.1, 0.15) is 0 Å². The zero-order valence-electron chi connectivity index (χ0n) is 15.1. The molecule has 0 spiro atoms. The molecule has 1 aromatic carbocycles. The lowest BCUT2D eigenvalue weighted by Crippen LogP contribution is -2.46. The summed E-state index contributed by atoms with van der Waals surface area (Å²) in [5, 5.41) is 4.95. The van der Waals surface area contributed by atoms with Gasteiger partial charge in [-0.1, -0.05) is 19.3 Å². The quantitative estimate of drug-likeness (QED) is 0.781. The monoisotopic (exact) mass is 376 g/mol. The summed E-state index contributed by atoms with van der Waals surface area (Å²) < 4.78 is 16.0. The van der Waals surface area contributed by atoms with E-state index >= 15 is 0 Å². The van der Waals surface area contributed by atoms with E-state index in [1.807, 2.05) is 0 Å². The van der Waals surface area contributed by atoms with Crippen molar-refractivity contribution in [2.45, 2.75) is 44.6 Å². The highest BCUT2D eigenvalue weighted by Crippen LogP contribution is 2.30. The Bertz CT molecular complexity index is 699. The summed E-state index contributed by atoms with van der Waals surface area (Å²) in [5.74, 6) is -0.307. The molecule has 8 heteroatoms. The van der Waals surface area contributed by atoms with Crippen molar-refractivity contribution in [3.05, 3.63) is 23.8 Å². The van der Waals surface area contributed by atoms with Gasteiger partial charge in [-0.15, -0.1) is 0 Å². The number of esters is 1. The SMILES string of the molecule is O=C(COC(=O)c1ccc2c(c1)OCCCO2)NC(=O)NC1CCCCC1. The molecule has 1 fully saturated rings. The Hall–Kier alpha value is -2.77. The summed E-state index contributed by atoms with van der Waals surface area (Å²) in [6.45, 7) is 0.523. The van der Waals surface area contributed by atoms with Crippen molar-refractivity contribution in [2.24, 2.45) is 0 Å². The van der Waals surface area contributed by atoms with Crippen molar-refractivity contribution in [1.82, 2.24) is 10.6 Å². The van der Waals surface area contributed by atoms with Crippen LogP contribution in [0.1, 0.15) is 48.9 Å². The van der Waals surface area contributed by atoms with Gasteiger partial charge >= 0.3 is 12.0 Å². The van der Waals surface area contributed by atoms with Crippen LogP contribution in [-0.4, -0.2) is 43.8 Å². The minimum atomic E-state index is -0.675. The molecule has 3 rings (SSSR count). The fourth-order valence-electron chi connectivity index (χ4n) is 3.14. The highest BCUT2D eigenvalue weighted by molar-refractivity contribution is 5.97. The first-order valence-corrected chi connectivity index (χ1v) is 9.29. The average Bonchev–Trinajstić information content (AvgIpc) is 2.91. The smallest absolute Gasteiger partial charge is 0.338 e. The predicted molar refractivity (Wildman–Crippen MR) is 95.9 cm³/mol. The Morgan fingerprint density at radius 1 is 1.00 bits per heavy atom. The number of carbonyl (C=O) groups is 3. The van der Waals surface area contributed by atoms with Gasteiger partial charge in [0.15, 0.2) is 18.1 Å². The number of fused-ring (bicyclic) bond motifs is 1. The maximum absolute atomic E-state index is 12.1. The molecule has 0 atom stereocenters. The number of imide groups is 1. The van der Waals surface area contributed by atoms with Gasteiger partial charge in [0.2, 0.25) is 0 Å². The molecule has 2 N–H and O–H groups in total. The molecule has 2 aliphatic rings. The molecule has 1 aromatic rings. The minimum absolute atomic E-state index is 0.0934. The highest BCUT2D eigenvalue weighted by atomic mass is 16.5. The summed E-state index contributed by atoms with van der Waals surface area (Å²) in [5.41, 5.74) is 0.249. The van der Waals surface area contributed by atoms with Crippen molar-refractivity contribution in [2.75, 3.05) is 19.8 Å². The first kappa shape index (κ1) is 19.0. The fourth-order valence-corrected chi connectivity index (χ4v) is 3.14. The molecule has 0 aromatic heterocycles. The number of benzene rings is 1. The van der Waals surface area contributed by atoms with E-state index in [1.54, 1.807) is 12.1 Å². The molecule has 1 heterocycles. The molecule has 0 unspecified atom stereocenters. The van der Waals surface area contributed by atoms with Crippen LogP contribution >= 0.6 is 0 Å². The highest BCUT2D eigenvalue weighted by Gasteiger charge is 2.19. The summed E-state index contributed by atoms with van der Waals surface area (Å²) in [7, 11) is 0. The topological polar surface area (TPSA) is 103 Å². The summed E-state index contributed by atoms with van der Waals surface area (Å²) in [6, 6.07) is 4.24. The van der Waals surface area contributed by atoms with Crippen LogP contribution in [0.5, 0.6) is 11.5 Å². The van der Waals surface area contributed by atoms with Gasteiger partial charge in [0.05, 0.1) is 18.8 Å². The van der Waals surface area contributed by atoms with Crippen LogP contribution in [0.4, 0.5) is 4.79 Å². The number of urea groups is 1. The summed E-state index contributed by atoms with van der Waals surface area (Å²) in [4.78, 5) is 35.8. The van der Waals surface area contributed by atoms with Crippen LogP contribution < -0.4 is 20.1 Å². The van der Waals surface area contributed by atoms with E-state index < -0.39 is 24.5 Å². The number of hydrogen-bond donors (Lipinski definition) is 2. The molecule has 27 heavy (non-hydrogen) atoms. The summed E-state index contributed by atoms with van der Waals surface area (Å²) >= 11 is 0. The van der Waals surface area contributed by atoms with Gasteiger partial charge in [-0.05, 0) is 31.0 Å². The first-order chi connectivity index (χ1) is 13.1. The maximum atomic E-state index is 12.1. The van der Waals surface area contributed by atoms with Crippen molar-refractivity contribution >= 4 is 17.9 Å². The predicted octanol–water partition coefficient (Wildman–Crippen LogP) is 2.16. The zero-order valence-corrected chi connectivity index (χ0v) is 15.1. The Morgan fingerprint density at radius 3 is 2.52 bits per heavy atom. The molecular formula is C19H24N2O6. The second kappa shape index (κ2) is 9.25. The van der Waals surface area contributed by atoms with Gasteiger partial charge < -0.3 is 19.5 Å². The fraction of sp³-hybridized carbons (Fsp3) is 0.526. The van der Waals surface area contributed by atoms with Crippen LogP contribution in [-0.2, 0) is 9.53 Å². The first-order valence-electron chi connectivity index (χ1n) is 9.29. The number of amides is 3. The Morgan fingerprint density at radius 2 is 1.74 bits per heavy atom. The maximum Gasteiger partial charge on any atom is 0.338 e. The Balaban J connectivity index is 1.45. The van der Waals surface area contributed by atoms with Gasteiger partial charge in [0.25, 0.3) is 5.91 Å². The molecule has 1 saturated carbocycles. The molecule has 1 aliphatic carbocycles. The van der Waals surface area contributed by atoms with Crippen LogP contribution in [0, 0.1) is 0 Å². The average molecular weight is 376 g/mol. The van der Waals surface area contributed by atoms with Crippen LogP contribution in [0.2, 0.25) is 0 Å². The van der Waals surface area contributed by atoms with E-state index in [0.29, 0.717) is 24.7 Å². The normalized spacial score (nSPS) is 16.7. The molecular weight excluding hydrogens is 352 g/mol.